The second kappa shape index (κ2) is 8.50. The highest BCUT2D eigenvalue weighted by Gasteiger charge is 2.20. The number of carbonyl (C=O) groups excluding carboxylic acids is 1. The fourth-order valence-corrected chi connectivity index (χ4v) is 2.97. The van der Waals surface area contributed by atoms with Crippen LogP contribution in [0.5, 0.6) is 5.75 Å². The lowest BCUT2D eigenvalue weighted by Gasteiger charge is -2.32. The Morgan fingerprint density at radius 2 is 1.62 bits per heavy atom. The van der Waals surface area contributed by atoms with E-state index in [0.29, 0.717) is 6.61 Å². The number of rotatable bonds is 6. The highest BCUT2D eigenvalue weighted by molar-refractivity contribution is 5.94. The molecule has 1 aliphatic rings. The standard InChI is InChI=1S/C20H24N2O2/c23-20(17-7-3-1-4-8-17)21-18-11-13-22(14-12-18)15-16-24-19-9-5-2-6-10-19/h1-10,18H,11-16H2,(H,21,23). The number of likely N-dealkylation sites (tertiary alicyclic amines) is 1. The van der Waals surface area contributed by atoms with Gasteiger partial charge >= 0.3 is 0 Å². The van der Waals surface area contributed by atoms with Crippen molar-refractivity contribution in [3.05, 3.63) is 66.2 Å². The smallest absolute Gasteiger partial charge is 0.251 e. The number of benzene rings is 2. The van der Waals surface area contributed by atoms with Crippen molar-refractivity contribution < 1.29 is 9.53 Å². The number of hydrogen-bond donors (Lipinski definition) is 1. The van der Waals surface area contributed by atoms with Gasteiger partial charge in [0.15, 0.2) is 0 Å². The van der Waals surface area contributed by atoms with Gasteiger partial charge < -0.3 is 10.1 Å². The van der Waals surface area contributed by atoms with Crippen LogP contribution in [0.25, 0.3) is 0 Å². The predicted molar refractivity (Wildman–Crippen MR) is 95.3 cm³/mol. The van der Waals surface area contributed by atoms with Crippen molar-refractivity contribution in [1.82, 2.24) is 10.2 Å². The van der Waals surface area contributed by atoms with Crippen LogP contribution in [0.3, 0.4) is 0 Å². The lowest BCUT2D eigenvalue weighted by molar-refractivity contribution is 0.0905. The molecule has 1 saturated heterocycles. The average molecular weight is 324 g/mol. The minimum absolute atomic E-state index is 0.0291. The molecular formula is C20H24N2O2. The summed E-state index contributed by atoms with van der Waals surface area (Å²) in [7, 11) is 0. The molecule has 126 valence electrons. The molecule has 0 saturated carbocycles. The molecule has 2 aromatic rings. The van der Waals surface area contributed by atoms with Crippen molar-refractivity contribution in [2.24, 2.45) is 0 Å². The fourth-order valence-electron chi connectivity index (χ4n) is 2.97. The maximum atomic E-state index is 12.2. The Bertz CT molecular complexity index is 623. The molecule has 0 spiro atoms. The van der Waals surface area contributed by atoms with Crippen molar-refractivity contribution in [3.63, 3.8) is 0 Å². The maximum absolute atomic E-state index is 12.2. The Morgan fingerprint density at radius 1 is 1.00 bits per heavy atom. The number of hydrogen-bond acceptors (Lipinski definition) is 3. The van der Waals surface area contributed by atoms with Crippen LogP contribution in [-0.2, 0) is 0 Å². The summed E-state index contributed by atoms with van der Waals surface area (Å²) >= 11 is 0. The number of amides is 1. The lowest BCUT2D eigenvalue weighted by atomic mass is 10.0. The molecule has 0 radical (unpaired) electrons. The van der Waals surface area contributed by atoms with E-state index in [1.165, 1.54) is 0 Å². The van der Waals surface area contributed by atoms with E-state index in [1.54, 1.807) is 0 Å². The van der Waals surface area contributed by atoms with Crippen molar-refractivity contribution in [2.75, 3.05) is 26.2 Å². The summed E-state index contributed by atoms with van der Waals surface area (Å²) < 4.78 is 5.75. The van der Waals surface area contributed by atoms with Crippen LogP contribution >= 0.6 is 0 Å². The third-order valence-corrected chi connectivity index (χ3v) is 4.38. The van der Waals surface area contributed by atoms with E-state index in [2.05, 4.69) is 10.2 Å². The summed E-state index contributed by atoms with van der Waals surface area (Å²) in [6.07, 6.45) is 1.98. The summed E-state index contributed by atoms with van der Waals surface area (Å²) in [6, 6.07) is 19.6. The van der Waals surface area contributed by atoms with E-state index < -0.39 is 0 Å². The van der Waals surface area contributed by atoms with Crippen LogP contribution in [0.2, 0.25) is 0 Å². The van der Waals surface area contributed by atoms with E-state index in [1.807, 2.05) is 60.7 Å². The Labute approximate surface area is 143 Å². The van der Waals surface area contributed by atoms with Gasteiger partial charge in [-0.3, -0.25) is 9.69 Å². The number of piperidine rings is 1. The number of nitrogens with one attached hydrogen (secondary N) is 1. The Hall–Kier alpha value is -2.33. The van der Waals surface area contributed by atoms with Gasteiger partial charge in [0.05, 0.1) is 0 Å². The second-order valence-corrected chi connectivity index (χ2v) is 6.12. The first-order chi connectivity index (χ1) is 11.8. The van der Waals surface area contributed by atoms with Gasteiger partial charge in [-0.05, 0) is 37.1 Å². The van der Waals surface area contributed by atoms with Crippen LogP contribution in [0.1, 0.15) is 23.2 Å². The summed E-state index contributed by atoms with van der Waals surface area (Å²) in [5, 5.41) is 3.14. The first kappa shape index (κ1) is 16.5. The molecule has 24 heavy (non-hydrogen) atoms. The van der Waals surface area contributed by atoms with Crippen LogP contribution in [-0.4, -0.2) is 43.1 Å². The van der Waals surface area contributed by atoms with Gasteiger partial charge in [0.1, 0.15) is 12.4 Å². The number of ether oxygens (including phenoxy) is 1. The zero-order valence-corrected chi connectivity index (χ0v) is 13.9. The molecule has 1 amide bonds. The summed E-state index contributed by atoms with van der Waals surface area (Å²) in [6.45, 7) is 3.62. The van der Waals surface area contributed by atoms with Gasteiger partial charge in [0, 0.05) is 31.2 Å². The molecule has 0 aromatic heterocycles. The van der Waals surface area contributed by atoms with E-state index in [0.717, 1.165) is 43.8 Å². The molecule has 4 heteroatoms. The molecule has 3 rings (SSSR count). The molecule has 2 aromatic carbocycles. The minimum atomic E-state index is 0.0291. The number of para-hydroxylation sites is 1. The molecule has 0 bridgehead atoms. The highest BCUT2D eigenvalue weighted by Crippen LogP contribution is 2.12. The second-order valence-electron chi connectivity index (χ2n) is 6.12. The molecule has 0 aliphatic carbocycles. The quantitative estimate of drug-likeness (QED) is 0.888. The molecule has 1 fully saturated rings. The predicted octanol–water partition coefficient (Wildman–Crippen LogP) is 2.96. The molecule has 1 aliphatic heterocycles. The third kappa shape index (κ3) is 4.83. The van der Waals surface area contributed by atoms with Crippen molar-refractivity contribution >= 4 is 5.91 Å². The monoisotopic (exact) mass is 324 g/mol. The first-order valence-electron chi connectivity index (χ1n) is 8.57. The van der Waals surface area contributed by atoms with Crippen molar-refractivity contribution in [2.45, 2.75) is 18.9 Å². The van der Waals surface area contributed by atoms with Crippen LogP contribution in [0.15, 0.2) is 60.7 Å². The Balaban J connectivity index is 1.36. The van der Waals surface area contributed by atoms with Gasteiger partial charge in [0.2, 0.25) is 0 Å². The molecule has 4 nitrogen and oxygen atoms in total. The van der Waals surface area contributed by atoms with Crippen LogP contribution in [0.4, 0.5) is 0 Å². The zero-order chi connectivity index (χ0) is 16.6. The van der Waals surface area contributed by atoms with E-state index in [-0.39, 0.29) is 11.9 Å². The zero-order valence-electron chi connectivity index (χ0n) is 13.9. The van der Waals surface area contributed by atoms with Crippen LogP contribution < -0.4 is 10.1 Å². The van der Waals surface area contributed by atoms with E-state index in [4.69, 9.17) is 4.74 Å². The van der Waals surface area contributed by atoms with Crippen LogP contribution in [0, 0.1) is 0 Å². The Kier molecular flexibility index (Phi) is 5.85. The molecule has 0 unspecified atom stereocenters. The molecule has 0 atom stereocenters. The van der Waals surface area contributed by atoms with Gasteiger partial charge in [-0.25, -0.2) is 0 Å². The largest absolute Gasteiger partial charge is 0.492 e. The van der Waals surface area contributed by atoms with E-state index >= 15 is 0 Å². The SMILES string of the molecule is O=C(NC1CCN(CCOc2ccccc2)CC1)c1ccccc1. The average Bonchev–Trinajstić information content (AvgIpc) is 2.65. The minimum Gasteiger partial charge on any atom is -0.492 e. The van der Waals surface area contributed by atoms with Gasteiger partial charge in [-0.15, -0.1) is 0 Å². The number of nitrogens with zero attached hydrogens (tertiary/aromatic N) is 1. The molecule has 1 heterocycles. The summed E-state index contributed by atoms with van der Waals surface area (Å²) in [5.74, 6) is 0.948. The lowest BCUT2D eigenvalue weighted by Crippen LogP contribution is -2.45. The Morgan fingerprint density at radius 3 is 2.29 bits per heavy atom. The molecule has 1 N–H and O–H groups in total. The fraction of sp³-hybridized carbons (Fsp3) is 0.350. The third-order valence-electron chi connectivity index (χ3n) is 4.38. The van der Waals surface area contributed by atoms with Gasteiger partial charge in [0.25, 0.3) is 5.91 Å². The number of carbonyl (C=O) groups is 1. The summed E-state index contributed by atoms with van der Waals surface area (Å²) in [5.41, 5.74) is 0.733. The first-order valence-corrected chi connectivity index (χ1v) is 8.57. The van der Waals surface area contributed by atoms with Gasteiger partial charge in [-0.1, -0.05) is 36.4 Å². The van der Waals surface area contributed by atoms with Gasteiger partial charge in [-0.2, -0.15) is 0 Å². The topological polar surface area (TPSA) is 41.6 Å². The highest BCUT2D eigenvalue weighted by atomic mass is 16.5. The summed E-state index contributed by atoms with van der Waals surface area (Å²) in [4.78, 5) is 14.6. The van der Waals surface area contributed by atoms with E-state index in [9.17, 15) is 4.79 Å². The molecular weight excluding hydrogens is 300 g/mol. The normalized spacial score (nSPS) is 15.8. The maximum Gasteiger partial charge on any atom is 0.251 e. The van der Waals surface area contributed by atoms with Crippen molar-refractivity contribution in [1.29, 1.82) is 0 Å². The van der Waals surface area contributed by atoms with Crippen molar-refractivity contribution in [3.8, 4) is 5.75 Å².